The van der Waals surface area contributed by atoms with Crippen LogP contribution in [0.2, 0.25) is 5.02 Å². The van der Waals surface area contributed by atoms with Gasteiger partial charge in [0.2, 0.25) is 0 Å². The fourth-order valence-corrected chi connectivity index (χ4v) is 3.44. The van der Waals surface area contributed by atoms with Crippen molar-refractivity contribution < 1.29 is 4.79 Å². The molecule has 0 saturated carbocycles. The summed E-state index contributed by atoms with van der Waals surface area (Å²) in [4.78, 5) is 22.5. The van der Waals surface area contributed by atoms with Crippen molar-refractivity contribution in [3.63, 3.8) is 0 Å². The van der Waals surface area contributed by atoms with Crippen molar-refractivity contribution in [3.8, 4) is 5.69 Å². The Morgan fingerprint density at radius 1 is 1.21 bits per heavy atom. The minimum Gasteiger partial charge on any atom is -0.384 e. The zero-order valence-corrected chi connectivity index (χ0v) is 17.3. The Morgan fingerprint density at radius 3 is 2.55 bits per heavy atom. The lowest BCUT2D eigenvalue weighted by atomic mass is 10.2. The zero-order valence-electron chi connectivity index (χ0n) is 16.5. The fourth-order valence-electron chi connectivity index (χ4n) is 3.27. The van der Waals surface area contributed by atoms with Crippen LogP contribution in [-0.2, 0) is 0 Å². The third kappa shape index (κ3) is 3.29. The number of amides is 1. The summed E-state index contributed by atoms with van der Waals surface area (Å²) in [6.45, 7) is 5.90. The molecule has 0 fully saturated rings. The van der Waals surface area contributed by atoms with E-state index in [4.69, 9.17) is 27.3 Å². The van der Waals surface area contributed by atoms with E-state index in [9.17, 15) is 4.79 Å². The van der Waals surface area contributed by atoms with Crippen LogP contribution in [0.4, 0.5) is 5.82 Å². The molecular formula is C22H22ClN5O. The van der Waals surface area contributed by atoms with Crippen LogP contribution >= 0.6 is 11.6 Å². The number of hydrogen-bond donors (Lipinski definition) is 2. The van der Waals surface area contributed by atoms with E-state index in [1.165, 1.54) is 0 Å². The van der Waals surface area contributed by atoms with E-state index in [2.05, 4.69) is 5.32 Å². The van der Waals surface area contributed by atoms with Crippen molar-refractivity contribution >= 4 is 45.5 Å². The van der Waals surface area contributed by atoms with Crippen LogP contribution in [0.3, 0.4) is 0 Å². The largest absolute Gasteiger partial charge is 0.384 e. The van der Waals surface area contributed by atoms with Crippen LogP contribution in [-0.4, -0.2) is 26.5 Å². The molecule has 2 heterocycles. The molecule has 0 aliphatic heterocycles. The second-order valence-electron chi connectivity index (χ2n) is 7.20. The van der Waals surface area contributed by atoms with E-state index < -0.39 is 0 Å². The molecule has 4 rings (SSSR count). The first-order valence-electron chi connectivity index (χ1n) is 9.54. The highest BCUT2D eigenvalue weighted by atomic mass is 35.5. The van der Waals surface area contributed by atoms with Crippen molar-refractivity contribution in [2.45, 2.75) is 33.2 Å². The molecule has 29 heavy (non-hydrogen) atoms. The molecular weight excluding hydrogens is 386 g/mol. The molecule has 148 valence electrons. The number of carbonyl (C=O) groups is 1. The molecule has 0 unspecified atom stereocenters. The number of anilines is 1. The van der Waals surface area contributed by atoms with Gasteiger partial charge in [0.1, 0.15) is 16.9 Å². The number of benzene rings is 2. The van der Waals surface area contributed by atoms with E-state index in [0.717, 1.165) is 23.2 Å². The van der Waals surface area contributed by atoms with Crippen LogP contribution in [0, 0.1) is 6.92 Å². The number of nitrogens with zero attached hydrogens (tertiary/aromatic N) is 3. The first-order valence-corrected chi connectivity index (χ1v) is 9.92. The fraction of sp³-hybridized carbons (Fsp3) is 0.227. The number of nitrogens with one attached hydrogen (secondary N) is 1. The highest BCUT2D eigenvalue weighted by Gasteiger charge is 2.25. The summed E-state index contributed by atoms with van der Waals surface area (Å²) in [7, 11) is 0. The molecule has 6 nitrogen and oxygen atoms in total. The second-order valence-corrected chi connectivity index (χ2v) is 7.60. The summed E-state index contributed by atoms with van der Waals surface area (Å²) >= 11 is 6.35. The van der Waals surface area contributed by atoms with Gasteiger partial charge in [-0.1, -0.05) is 36.7 Å². The highest BCUT2D eigenvalue weighted by molar-refractivity contribution is 6.31. The van der Waals surface area contributed by atoms with E-state index >= 15 is 0 Å². The number of fused-ring (bicyclic) bond motifs is 2. The number of carbonyl (C=O) groups excluding carboxylic acids is 1. The molecule has 0 radical (unpaired) electrons. The molecule has 2 aromatic heterocycles. The number of rotatable bonds is 4. The van der Waals surface area contributed by atoms with Gasteiger partial charge in [-0.3, -0.25) is 9.36 Å². The Morgan fingerprint density at radius 2 is 1.90 bits per heavy atom. The van der Waals surface area contributed by atoms with E-state index in [1.54, 1.807) is 4.57 Å². The van der Waals surface area contributed by atoms with Crippen LogP contribution in [0.5, 0.6) is 0 Å². The highest BCUT2D eigenvalue weighted by Crippen LogP contribution is 2.32. The first kappa shape index (κ1) is 19.2. The van der Waals surface area contributed by atoms with Crippen LogP contribution < -0.4 is 11.1 Å². The lowest BCUT2D eigenvalue weighted by Crippen LogP contribution is -2.32. The molecule has 3 N–H and O–H groups in total. The lowest BCUT2D eigenvalue weighted by Gasteiger charge is -2.12. The molecule has 0 aliphatic rings. The number of nitrogens with two attached hydrogens (primary N) is 1. The van der Waals surface area contributed by atoms with Gasteiger partial charge in [-0.25, -0.2) is 9.97 Å². The van der Waals surface area contributed by atoms with Gasteiger partial charge in [-0.15, -0.1) is 0 Å². The van der Waals surface area contributed by atoms with Crippen molar-refractivity contribution in [1.29, 1.82) is 0 Å². The van der Waals surface area contributed by atoms with E-state index in [0.29, 0.717) is 27.3 Å². The van der Waals surface area contributed by atoms with Gasteiger partial charge in [0.25, 0.3) is 5.91 Å². The predicted octanol–water partition coefficient (Wildman–Crippen LogP) is 4.65. The Kier molecular flexibility index (Phi) is 4.88. The summed E-state index contributed by atoms with van der Waals surface area (Å²) in [5.41, 5.74) is 10.9. The number of para-hydroxylation sites is 2. The van der Waals surface area contributed by atoms with E-state index in [-0.39, 0.29) is 17.8 Å². The quantitative estimate of drug-likeness (QED) is 0.515. The monoisotopic (exact) mass is 407 g/mol. The van der Waals surface area contributed by atoms with Crippen LogP contribution in [0.25, 0.3) is 27.9 Å². The predicted molar refractivity (Wildman–Crippen MR) is 118 cm³/mol. The van der Waals surface area contributed by atoms with Crippen molar-refractivity contribution in [1.82, 2.24) is 19.9 Å². The lowest BCUT2D eigenvalue weighted by molar-refractivity contribution is 0.0941. The Bertz CT molecular complexity index is 1250. The SMILES string of the molecule is CC[C@@H](C)NC(=O)c1c(N)n(-c2ccc(C)c(Cl)c2)c2nc3ccccc3nc12. The summed E-state index contributed by atoms with van der Waals surface area (Å²) in [5, 5.41) is 3.60. The van der Waals surface area contributed by atoms with Crippen molar-refractivity contribution in [2.75, 3.05) is 5.73 Å². The molecule has 0 aliphatic carbocycles. The molecule has 7 heteroatoms. The van der Waals surface area contributed by atoms with Gasteiger partial charge in [0, 0.05) is 11.1 Å². The van der Waals surface area contributed by atoms with Crippen molar-refractivity contribution in [2.24, 2.45) is 0 Å². The Balaban J connectivity index is 2.04. The minimum absolute atomic E-state index is 0.0162. The minimum atomic E-state index is -0.261. The maximum absolute atomic E-state index is 13.1. The number of nitrogen functional groups attached to an aromatic ring is 1. The van der Waals surface area contributed by atoms with Crippen molar-refractivity contribution in [3.05, 3.63) is 58.6 Å². The average Bonchev–Trinajstić information content (AvgIpc) is 2.99. The van der Waals surface area contributed by atoms with Gasteiger partial charge in [-0.05, 0) is 50.1 Å². The van der Waals surface area contributed by atoms with Gasteiger partial charge in [0.15, 0.2) is 5.65 Å². The van der Waals surface area contributed by atoms with Gasteiger partial charge in [-0.2, -0.15) is 0 Å². The molecule has 0 spiro atoms. The van der Waals surface area contributed by atoms with Gasteiger partial charge >= 0.3 is 0 Å². The first-order chi connectivity index (χ1) is 13.9. The number of hydrogen-bond acceptors (Lipinski definition) is 4. The maximum Gasteiger partial charge on any atom is 0.257 e. The number of halogens is 1. The standard InChI is InChI=1S/C22H22ClN5O/c1-4-13(3)25-22(29)18-19-21(27-17-8-6-5-7-16(17)26-19)28(20(18)24)14-10-9-12(2)15(23)11-14/h5-11,13H,4,24H2,1-3H3,(H,25,29)/t13-/m1/s1. The van der Waals surface area contributed by atoms with Crippen LogP contribution in [0.1, 0.15) is 36.2 Å². The molecule has 1 amide bonds. The molecule has 0 bridgehead atoms. The smallest absolute Gasteiger partial charge is 0.257 e. The van der Waals surface area contributed by atoms with Crippen LogP contribution in [0.15, 0.2) is 42.5 Å². The molecule has 1 atom stereocenters. The topological polar surface area (TPSA) is 85.8 Å². The molecule has 4 aromatic rings. The number of aromatic nitrogens is 3. The summed E-state index contributed by atoms with van der Waals surface area (Å²) in [6.07, 6.45) is 0.812. The second kappa shape index (κ2) is 7.37. The average molecular weight is 408 g/mol. The summed E-state index contributed by atoms with van der Waals surface area (Å²) < 4.78 is 1.74. The summed E-state index contributed by atoms with van der Waals surface area (Å²) in [5.74, 6) is 0.0272. The molecule has 0 saturated heterocycles. The summed E-state index contributed by atoms with van der Waals surface area (Å²) in [6, 6.07) is 13.2. The Labute approximate surface area is 173 Å². The maximum atomic E-state index is 13.1. The van der Waals surface area contributed by atoms with Gasteiger partial charge < -0.3 is 11.1 Å². The van der Waals surface area contributed by atoms with E-state index in [1.807, 2.05) is 63.2 Å². The Hall–Kier alpha value is -3.12. The van der Waals surface area contributed by atoms with Gasteiger partial charge in [0.05, 0.1) is 16.7 Å². The third-order valence-electron chi connectivity index (χ3n) is 5.13. The number of aryl methyl sites for hydroxylation is 1. The molecule has 2 aromatic carbocycles. The normalized spacial score (nSPS) is 12.4. The third-order valence-corrected chi connectivity index (χ3v) is 5.54. The zero-order chi connectivity index (χ0) is 20.7.